The van der Waals surface area contributed by atoms with Crippen molar-refractivity contribution in [3.8, 4) is 5.95 Å². The molecule has 0 fully saturated rings. The van der Waals surface area contributed by atoms with Crippen LogP contribution in [0.5, 0.6) is 0 Å². The van der Waals surface area contributed by atoms with E-state index in [2.05, 4.69) is 20.4 Å². The standard InChI is InChI=1S/C18H15Cl2N5O2/c1-9-7-15(22-17(27)12-8-10(19)5-6-13(12)20)25(24-9)18-21-14-4-2-3-11(14)16(26)23-18/h5-8H,2-4H2,1H3,(H,22,27)(H,21,23,26). The van der Waals surface area contributed by atoms with Crippen LogP contribution in [0.4, 0.5) is 5.82 Å². The molecule has 0 spiro atoms. The summed E-state index contributed by atoms with van der Waals surface area (Å²) in [5.74, 6) is 0.197. The van der Waals surface area contributed by atoms with Gasteiger partial charge in [-0.05, 0) is 44.4 Å². The Labute approximate surface area is 164 Å². The van der Waals surface area contributed by atoms with Gasteiger partial charge in [0.25, 0.3) is 11.5 Å². The number of aromatic amines is 1. The molecule has 1 aromatic carbocycles. The number of nitrogens with one attached hydrogen (secondary N) is 2. The smallest absolute Gasteiger partial charge is 0.258 e. The topological polar surface area (TPSA) is 92.7 Å². The monoisotopic (exact) mass is 403 g/mol. The van der Waals surface area contributed by atoms with Gasteiger partial charge in [0.2, 0.25) is 5.95 Å². The third kappa shape index (κ3) is 3.36. The number of anilines is 1. The maximum atomic E-state index is 12.6. The van der Waals surface area contributed by atoms with Crippen molar-refractivity contribution in [2.45, 2.75) is 26.2 Å². The van der Waals surface area contributed by atoms with Gasteiger partial charge in [0.05, 0.1) is 22.0 Å². The van der Waals surface area contributed by atoms with Crippen LogP contribution in [0.15, 0.2) is 29.1 Å². The molecule has 0 bridgehead atoms. The second-order valence-electron chi connectivity index (χ2n) is 6.33. The molecule has 0 atom stereocenters. The maximum absolute atomic E-state index is 12.6. The van der Waals surface area contributed by atoms with Crippen molar-refractivity contribution in [3.63, 3.8) is 0 Å². The van der Waals surface area contributed by atoms with E-state index in [9.17, 15) is 9.59 Å². The van der Waals surface area contributed by atoms with Gasteiger partial charge in [-0.2, -0.15) is 9.78 Å². The molecular formula is C18H15Cl2N5O2. The fourth-order valence-corrected chi connectivity index (χ4v) is 3.51. The van der Waals surface area contributed by atoms with Gasteiger partial charge >= 0.3 is 0 Å². The van der Waals surface area contributed by atoms with Gasteiger partial charge in [-0.25, -0.2) is 4.98 Å². The van der Waals surface area contributed by atoms with Gasteiger partial charge in [-0.3, -0.25) is 14.6 Å². The largest absolute Gasteiger partial charge is 0.306 e. The van der Waals surface area contributed by atoms with Crippen molar-refractivity contribution in [3.05, 3.63) is 67.2 Å². The first-order valence-electron chi connectivity index (χ1n) is 8.38. The highest BCUT2D eigenvalue weighted by atomic mass is 35.5. The Kier molecular flexibility index (Phi) is 4.49. The summed E-state index contributed by atoms with van der Waals surface area (Å²) in [6.07, 6.45) is 2.39. The Morgan fingerprint density at radius 1 is 1.26 bits per heavy atom. The summed E-state index contributed by atoms with van der Waals surface area (Å²) in [5.41, 5.74) is 2.22. The number of fused-ring (bicyclic) bond motifs is 1. The Morgan fingerprint density at radius 2 is 2.07 bits per heavy atom. The molecule has 3 aromatic rings. The molecule has 0 unspecified atom stereocenters. The molecule has 7 nitrogen and oxygen atoms in total. The lowest BCUT2D eigenvalue weighted by molar-refractivity contribution is 0.102. The number of aromatic nitrogens is 4. The van der Waals surface area contributed by atoms with Crippen LogP contribution < -0.4 is 10.9 Å². The van der Waals surface area contributed by atoms with Crippen LogP contribution in [-0.2, 0) is 12.8 Å². The predicted molar refractivity (Wildman–Crippen MR) is 103 cm³/mol. The number of amides is 1. The number of carbonyl (C=O) groups is 1. The molecule has 4 rings (SSSR count). The van der Waals surface area contributed by atoms with Crippen molar-refractivity contribution in [1.82, 2.24) is 19.7 Å². The van der Waals surface area contributed by atoms with Gasteiger partial charge < -0.3 is 5.32 Å². The zero-order chi connectivity index (χ0) is 19.1. The Hall–Kier alpha value is -2.64. The van der Waals surface area contributed by atoms with Crippen LogP contribution in [0.1, 0.15) is 33.7 Å². The SMILES string of the molecule is Cc1cc(NC(=O)c2cc(Cl)ccc2Cl)n(-c2nc3c(c(=O)[nH]2)CCC3)n1. The van der Waals surface area contributed by atoms with E-state index in [1.165, 1.54) is 10.7 Å². The molecule has 2 N–H and O–H groups in total. The first kappa shape index (κ1) is 17.8. The quantitative estimate of drug-likeness (QED) is 0.701. The molecule has 0 aliphatic heterocycles. The molecule has 27 heavy (non-hydrogen) atoms. The van der Waals surface area contributed by atoms with Crippen molar-refractivity contribution in [2.24, 2.45) is 0 Å². The third-order valence-corrected chi connectivity index (χ3v) is 4.94. The highest BCUT2D eigenvalue weighted by Crippen LogP contribution is 2.23. The summed E-state index contributed by atoms with van der Waals surface area (Å²) in [4.78, 5) is 32.2. The van der Waals surface area contributed by atoms with E-state index in [1.807, 2.05) is 0 Å². The number of H-pyrrole nitrogens is 1. The zero-order valence-electron chi connectivity index (χ0n) is 14.3. The van der Waals surface area contributed by atoms with Crippen molar-refractivity contribution in [1.29, 1.82) is 0 Å². The summed E-state index contributed by atoms with van der Waals surface area (Å²) in [7, 11) is 0. The first-order valence-corrected chi connectivity index (χ1v) is 9.13. The number of rotatable bonds is 3. The minimum absolute atomic E-state index is 0.171. The number of aryl methyl sites for hydroxylation is 2. The van der Waals surface area contributed by atoms with Crippen LogP contribution in [0, 0.1) is 6.92 Å². The molecule has 0 saturated heterocycles. The number of hydrogen-bond donors (Lipinski definition) is 2. The lowest BCUT2D eigenvalue weighted by Gasteiger charge is -2.10. The first-order chi connectivity index (χ1) is 12.9. The fraction of sp³-hybridized carbons (Fsp3) is 0.222. The summed E-state index contributed by atoms with van der Waals surface area (Å²) >= 11 is 12.1. The Bertz CT molecular complexity index is 1120. The van der Waals surface area contributed by atoms with Crippen molar-refractivity contribution < 1.29 is 4.79 Å². The number of carbonyl (C=O) groups excluding carboxylic acids is 1. The maximum Gasteiger partial charge on any atom is 0.258 e. The van der Waals surface area contributed by atoms with E-state index in [0.29, 0.717) is 16.5 Å². The fourth-order valence-electron chi connectivity index (χ4n) is 3.13. The van der Waals surface area contributed by atoms with E-state index in [4.69, 9.17) is 23.2 Å². The second-order valence-corrected chi connectivity index (χ2v) is 7.17. The van der Waals surface area contributed by atoms with E-state index >= 15 is 0 Å². The summed E-state index contributed by atoms with van der Waals surface area (Å²) in [5, 5.41) is 7.79. The summed E-state index contributed by atoms with van der Waals surface area (Å²) in [6, 6.07) is 6.33. The minimum Gasteiger partial charge on any atom is -0.306 e. The molecular weight excluding hydrogens is 389 g/mol. The van der Waals surface area contributed by atoms with Gasteiger partial charge in [0.1, 0.15) is 5.82 Å². The number of nitrogens with zero attached hydrogens (tertiary/aromatic N) is 3. The summed E-state index contributed by atoms with van der Waals surface area (Å²) < 4.78 is 1.41. The van der Waals surface area contributed by atoms with E-state index < -0.39 is 5.91 Å². The molecule has 0 saturated carbocycles. The van der Waals surface area contributed by atoms with Gasteiger partial charge in [-0.1, -0.05) is 23.2 Å². The normalized spacial score (nSPS) is 12.9. The lowest BCUT2D eigenvalue weighted by atomic mass is 10.2. The Morgan fingerprint density at radius 3 is 2.89 bits per heavy atom. The molecule has 2 aromatic heterocycles. The molecule has 138 valence electrons. The van der Waals surface area contributed by atoms with Crippen molar-refractivity contribution in [2.75, 3.05) is 5.32 Å². The van der Waals surface area contributed by atoms with Gasteiger partial charge in [-0.15, -0.1) is 0 Å². The summed E-state index contributed by atoms with van der Waals surface area (Å²) in [6.45, 7) is 1.78. The van der Waals surface area contributed by atoms with Gasteiger partial charge in [0.15, 0.2) is 0 Å². The highest BCUT2D eigenvalue weighted by molar-refractivity contribution is 6.36. The third-order valence-electron chi connectivity index (χ3n) is 4.38. The lowest BCUT2D eigenvalue weighted by Crippen LogP contribution is -2.21. The zero-order valence-corrected chi connectivity index (χ0v) is 15.9. The number of halogens is 2. The molecule has 1 aliphatic rings. The van der Waals surface area contributed by atoms with Crippen LogP contribution in [0.2, 0.25) is 10.0 Å². The molecule has 2 heterocycles. The van der Waals surface area contributed by atoms with Crippen LogP contribution in [0.25, 0.3) is 5.95 Å². The highest BCUT2D eigenvalue weighted by Gasteiger charge is 2.20. The Balaban J connectivity index is 1.72. The minimum atomic E-state index is -0.438. The molecule has 9 heteroatoms. The number of benzene rings is 1. The van der Waals surface area contributed by atoms with Crippen molar-refractivity contribution >= 4 is 34.9 Å². The van der Waals surface area contributed by atoms with Crippen LogP contribution in [0.3, 0.4) is 0 Å². The predicted octanol–water partition coefficient (Wildman–Crippen LogP) is 3.31. The average molecular weight is 404 g/mol. The van der Waals surface area contributed by atoms with Crippen LogP contribution >= 0.6 is 23.2 Å². The molecule has 1 amide bonds. The van der Waals surface area contributed by atoms with E-state index in [-0.39, 0.29) is 22.1 Å². The average Bonchev–Trinajstić information content (AvgIpc) is 3.23. The van der Waals surface area contributed by atoms with Gasteiger partial charge in [0, 0.05) is 16.7 Å². The van der Waals surface area contributed by atoms with E-state index in [0.717, 1.165) is 30.5 Å². The van der Waals surface area contributed by atoms with E-state index in [1.54, 1.807) is 25.1 Å². The number of hydrogen-bond acceptors (Lipinski definition) is 4. The molecule has 0 radical (unpaired) electrons. The second kappa shape index (κ2) is 6.83. The van der Waals surface area contributed by atoms with Crippen LogP contribution in [-0.4, -0.2) is 25.7 Å². The molecule has 1 aliphatic carbocycles.